The first-order chi connectivity index (χ1) is 4.25. The molecule has 9 heavy (non-hydrogen) atoms. The highest BCUT2D eigenvalue weighted by molar-refractivity contribution is 5.29. The molecule has 0 unspecified atom stereocenters. The van der Waals surface area contributed by atoms with Crippen LogP contribution in [0.1, 0.15) is 5.69 Å². The average Bonchev–Trinajstić information content (AvgIpc) is 2.15. The van der Waals surface area contributed by atoms with Crippen molar-refractivity contribution in [2.24, 2.45) is 0 Å². The quantitative estimate of drug-likeness (QED) is 0.546. The van der Waals surface area contributed by atoms with Gasteiger partial charge in [0.25, 0.3) is 11.6 Å². The maximum atomic E-state index is 7.02. The molecule has 0 aromatic carbocycles. The second-order valence-electron chi connectivity index (χ2n) is 1.65. The molecule has 0 aliphatic rings. The molecule has 0 amide bonds. The minimum Gasteiger partial charge on any atom is -0.382 e. The molecule has 0 aliphatic carbocycles. The second kappa shape index (κ2) is 1.93. The van der Waals surface area contributed by atoms with Gasteiger partial charge in [0.2, 0.25) is 0 Å². The van der Waals surface area contributed by atoms with Crippen molar-refractivity contribution in [2.75, 3.05) is 12.4 Å². The van der Waals surface area contributed by atoms with Crippen LogP contribution in [0.3, 0.4) is 0 Å². The normalized spacial score (nSPS) is 9.56. The summed E-state index contributed by atoms with van der Waals surface area (Å²) in [7, 11) is 1.72. The Morgan fingerprint density at radius 3 is 2.67 bits per heavy atom. The third-order valence-corrected chi connectivity index (χ3v) is 1.09. The maximum Gasteiger partial charge on any atom is 0.270 e. The lowest BCUT2D eigenvalue weighted by molar-refractivity contribution is -0.685. The molecule has 0 spiro atoms. The van der Waals surface area contributed by atoms with Crippen LogP contribution in [-0.2, 0) is 0 Å². The lowest BCUT2D eigenvalue weighted by Gasteiger charge is -1.86. The summed E-state index contributed by atoms with van der Waals surface area (Å²) in [6.07, 6.45) is 0. The summed E-state index contributed by atoms with van der Waals surface area (Å²) in [4.78, 5) is 0.922. The van der Waals surface area contributed by atoms with E-state index in [1.54, 1.807) is 14.0 Å². The first kappa shape index (κ1) is 5.87. The molecule has 1 aromatic heterocycles. The zero-order chi connectivity index (χ0) is 6.85. The predicted molar refractivity (Wildman–Crippen MR) is 30.7 cm³/mol. The van der Waals surface area contributed by atoms with Crippen LogP contribution in [0.15, 0.2) is 4.52 Å². The van der Waals surface area contributed by atoms with Gasteiger partial charge in [0.15, 0.2) is 0 Å². The molecule has 1 aromatic rings. The van der Waals surface area contributed by atoms with Gasteiger partial charge in [-0.2, -0.15) is 0 Å². The van der Waals surface area contributed by atoms with E-state index in [1.807, 2.05) is 0 Å². The molecule has 0 bridgehead atoms. The van der Waals surface area contributed by atoms with Gasteiger partial charge in [-0.1, -0.05) is 4.79 Å². The summed E-state index contributed by atoms with van der Waals surface area (Å²) in [5, 5.41) is 6.08. The van der Waals surface area contributed by atoms with Gasteiger partial charge in [-0.25, -0.2) is 5.84 Å². The van der Waals surface area contributed by atoms with Crippen LogP contribution in [0, 0.1) is 6.92 Å². The van der Waals surface area contributed by atoms with Crippen molar-refractivity contribution in [2.45, 2.75) is 6.92 Å². The van der Waals surface area contributed by atoms with Crippen LogP contribution < -0.4 is 10.1 Å². The molecule has 1 rings (SSSR count). The Kier molecular flexibility index (Phi) is 1.26. The molecule has 1 heterocycles. The molecule has 0 saturated carbocycles. The van der Waals surface area contributed by atoms with Crippen LogP contribution in [-0.4, -0.2) is 12.3 Å². The van der Waals surface area contributed by atoms with E-state index in [9.17, 15) is 0 Å². The Labute approximate surface area is 52.4 Å². The van der Waals surface area contributed by atoms with Gasteiger partial charge < -0.3 is 9.84 Å². The highest BCUT2D eigenvalue weighted by Gasteiger charge is 2.07. The Morgan fingerprint density at radius 2 is 2.44 bits per heavy atom. The van der Waals surface area contributed by atoms with Crippen molar-refractivity contribution in [3.8, 4) is 0 Å². The number of rotatable bonds is 1. The van der Waals surface area contributed by atoms with Crippen LogP contribution in [0.4, 0.5) is 5.88 Å². The molecule has 5 nitrogen and oxygen atoms in total. The lowest BCUT2D eigenvalue weighted by Crippen LogP contribution is -2.27. The van der Waals surface area contributed by atoms with Gasteiger partial charge in [-0.3, -0.25) is 0 Å². The smallest absolute Gasteiger partial charge is 0.270 e. The lowest BCUT2D eigenvalue weighted by atomic mass is 10.5. The van der Waals surface area contributed by atoms with Crippen molar-refractivity contribution >= 4 is 5.88 Å². The Morgan fingerprint density at radius 1 is 1.78 bits per heavy atom. The molecule has 0 saturated heterocycles. The van der Waals surface area contributed by atoms with Crippen LogP contribution in [0.5, 0.6) is 0 Å². The molecule has 50 valence electrons. The third-order valence-electron chi connectivity index (χ3n) is 1.09. The number of nitrogens with one attached hydrogen (secondary N) is 2. The third kappa shape index (κ3) is 0.802. The summed E-state index contributed by atoms with van der Waals surface area (Å²) in [6, 6.07) is 0. The van der Waals surface area contributed by atoms with E-state index in [-0.39, 0.29) is 0 Å². The highest BCUT2D eigenvalue weighted by atomic mass is 16.5. The fraction of sp³-hybridized carbons (Fsp3) is 0.500. The van der Waals surface area contributed by atoms with Gasteiger partial charge in [-0.15, -0.1) is 0 Å². The number of hydrogen-bond donors (Lipinski definition) is 1. The molecular formula is C4H8N4O. The molecular weight excluding hydrogens is 120 g/mol. The van der Waals surface area contributed by atoms with Crippen molar-refractivity contribution < 1.29 is 9.31 Å². The van der Waals surface area contributed by atoms with Crippen molar-refractivity contribution in [1.82, 2.24) is 5.27 Å². The van der Waals surface area contributed by atoms with E-state index >= 15 is 0 Å². The van der Waals surface area contributed by atoms with Crippen LogP contribution in [0.25, 0.3) is 5.84 Å². The number of nitrogens with zero attached hydrogens (tertiary/aromatic N) is 2. The largest absolute Gasteiger partial charge is 0.382 e. The van der Waals surface area contributed by atoms with Crippen LogP contribution in [0.2, 0.25) is 0 Å². The van der Waals surface area contributed by atoms with Gasteiger partial charge in [-0.05, 0) is 5.27 Å². The minimum atomic E-state index is 0.532. The summed E-state index contributed by atoms with van der Waals surface area (Å²) >= 11 is 0. The van der Waals surface area contributed by atoms with Crippen LogP contribution >= 0.6 is 0 Å². The summed E-state index contributed by atoms with van der Waals surface area (Å²) in [5.74, 6) is 7.55. The van der Waals surface area contributed by atoms with E-state index in [0.717, 1.165) is 4.79 Å². The van der Waals surface area contributed by atoms with Gasteiger partial charge in [0, 0.05) is 14.0 Å². The predicted octanol–water partition coefficient (Wildman–Crippen LogP) is 0.128. The summed E-state index contributed by atoms with van der Waals surface area (Å²) in [5.41, 5.74) is 0.664. The molecule has 0 aliphatic heterocycles. The highest BCUT2D eigenvalue weighted by Crippen LogP contribution is 2.05. The molecule has 0 fully saturated rings. The first-order valence-electron chi connectivity index (χ1n) is 2.53. The van der Waals surface area contributed by atoms with E-state index in [2.05, 4.69) is 15.1 Å². The zero-order valence-corrected chi connectivity index (χ0v) is 5.30. The minimum absolute atomic E-state index is 0.532. The van der Waals surface area contributed by atoms with Crippen molar-refractivity contribution in [1.29, 1.82) is 0 Å². The topological polar surface area (TPSA) is 65.7 Å². The zero-order valence-electron chi connectivity index (χ0n) is 5.30. The van der Waals surface area contributed by atoms with Crippen molar-refractivity contribution in [3.63, 3.8) is 0 Å². The summed E-state index contributed by atoms with van der Waals surface area (Å²) in [6.45, 7) is 1.75. The maximum absolute atomic E-state index is 7.02. The Hall–Kier alpha value is -1.26. The van der Waals surface area contributed by atoms with E-state index < -0.39 is 0 Å². The first-order valence-corrected chi connectivity index (χ1v) is 2.53. The Bertz CT molecular complexity index is 206. The summed E-state index contributed by atoms with van der Waals surface area (Å²) < 4.78 is 4.66. The average molecular weight is 128 g/mol. The van der Waals surface area contributed by atoms with Gasteiger partial charge in [0.05, 0.1) is 0 Å². The Balaban J connectivity index is 3.04. The van der Waals surface area contributed by atoms with Gasteiger partial charge in [0.1, 0.15) is 0 Å². The molecule has 0 atom stereocenters. The second-order valence-corrected chi connectivity index (χ2v) is 1.65. The number of anilines is 1. The fourth-order valence-electron chi connectivity index (χ4n) is 0.532. The molecule has 2 N–H and O–H groups in total. The molecule has 5 heteroatoms. The van der Waals surface area contributed by atoms with Crippen molar-refractivity contribution in [3.05, 3.63) is 11.5 Å². The van der Waals surface area contributed by atoms with E-state index in [4.69, 9.17) is 5.84 Å². The number of aromatic nitrogens is 2. The fourth-order valence-corrected chi connectivity index (χ4v) is 0.532. The standard InChI is InChI=1S/C4H8N4O/c1-3-4(6-2)9-7-8(3)5/h5-6H,1-2H3. The van der Waals surface area contributed by atoms with E-state index in [0.29, 0.717) is 11.6 Å². The monoisotopic (exact) mass is 128 g/mol. The molecule has 0 radical (unpaired) electrons. The van der Waals surface area contributed by atoms with Gasteiger partial charge >= 0.3 is 0 Å². The van der Waals surface area contributed by atoms with E-state index in [1.165, 1.54) is 0 Å². The number of hydrogen-bond acceptors (Lipinski definition) is 3. The SMILES string of the molecule is CNc1on[n+]([NH-])c1C.